The molecule has 2 aromatic rings. The lowest BCUT2D eigenvalue weighted by Gasteiger charge is -2.09. The molecule has 0 aromatic heterocycles. The van der Waals surface area contributed by atoms with Gasteiger partial charge in [-0.05, 0) is 68.9 Å². The van der Waals surface area contributed by atoms with Crippen molar-refractivity contribution in [3.05, 3.63) is 63.6 Å². The fourth-order valence-electron chi connectivity index (χ4n) is 2.15. The molecule has 0 aliphatic rings. The Morgan fingerprint density at radius 3 is 2.36 bits per heavy atom. The lowest BCUT2D eigenvalue weighted by Crippen LogP contribution is -2.13. The maximum atomic E-state index is 6.20. The summed E-state index contributed by atoms with van der Waals surface area (Å²) in [6, 6.07) is 14.5. The number of aryl methyl sites for hydroxylation is 1. The van der Waals surface area contributed by atoms with E-state index in [2.05, 4.69) is 43.3 Å². The van der Waals surface area contributed by atoms with Crippen LogP contribution >= 0.6 is 35.0 Å². The molecule has 0 saturated heterocycles. The van der Waals surface area contributed by atoms with Crippen LogP contribution in [0, 0.1) is 0 Å². The summed E-state index contributed by atoms with van der Waals surface area (Å²) in [4.78, 5) is 3.49. The van der Waals surface area contributed by atoms with E-state index in [0.29, 0.717) is 5.02 Å². The van der Waals surface area contributed by atoms with Crippen molar-refractivity contribution in [3.63, 3.8) is 0 Å². The van der Waals surface area contributed by atoms with Crippen molar-refractivity contribution in [1.82, 2.24) is 4.90 Å². The minimum atomic E-state index is 0.681. The Bertz CT molecular complexity index is 597. The van der Waals surface area contributed by atoms with Crippen LogP contribution in [0.1, 0.15) is 17.5 Å². The number of hydrogen-bond donors (Lipinski definition) is 0. The third-order valence-electron chi connectivity index (χ3n) is 3.40. The molecule has 0 bridgehead atoms. The minimum absolute atomic E-state index is 0.681. The molecular formula is C18H21Cl2NS. The zero-order valence-corrected chi connectivity index (χ0v) is 15.3. The summed E-state index contributed by atoms with van der Waals surface area (Å²) in [6.45, 7) is 1.13. The van der Waals surface area contributed by atoms with Crippen LogP contribution in [0.4, 0.5) is 0 Å². The molecule has 2 rings (SSSR count). The van der Waals surface area contributed by atoms with Gasteiger partial charge in [-0.2, -0.15) is 0 Å². The van der Waals surface area contributed by atoms with E-state index in [4.69, 9.17) is 23.2 Å². The number of thioether (sulfide) groups is 1. The zero-order chi connectivity index (χ0) is 15.9. The summed E-state index contributed by atoms with van der Waals surface area (Å²) in [5, 5.41) is 1.42. The molecule has 0 amide bonds. The van der Waals surface area contributed by atoms with Gasteiger partial charge in [0.2, 0.25) is 0 Å². The van der Waals surface area contributed by atoms with Gasteiger partial charge in [-0.1, -0.05) is 41.4 Å². The molecule has 1 nitrogen and oxygen atoms in total. The second kappa shape index (κ2) is 8.83. The Morgan fingerprint density at radius 2 is 1.73 bits per heavy atom. The summed E-state index contributed by atoms with van der Waals surface area (Å²) in [7, 11) is 4.23. The molecule has 0 atom stereocenters. The fourth-order valence-corrected chi connectivity index (χ4v) is 3.61. The largest absolute Gasteiger partial charge is 0.309 e. The summed E-state index contributed by atoms with van der Waals surface area (Å²) >= 11 is 13.9. The average Bonchev–Trinajstić information content (AvgIpc) is 2.47. The molecule has 0 radical (unpaired) electrons. The first-order valence-corrected chi connectivity index (χ1v) is 9.09. The van der Waals surface area contributed by atoms with Gasteiger partial charge >= 0.3 is 0 Å². The van der Waals surface area contributed by atoms with Gasteiger partial charge in [-0.25, -0.2) is 0 Å². The first kappa shape index (κ1) is 17.7. The maximum Gasteiger partial charge on any atom is 0.0461 e. The first-order valence-electron chi connectivity index (χ1n) is 7.35. The average molecular weight is 354 g/mol. The van der Waals surface area contributed by atoms with Gasteiger partial charge in [0.05, 0.1) is 0 Å². The number of rotatable bonds is 7. The molecular weight excluding hydrogens is 333 g/mol. The first-order chi connectivity index (χ1) is 10.5. The molecule has 0 unspecified atom stereocenters. The number of hydrogen-bond acceptors (Lipinski definition) is 2. The van der Waals surface area contributed by atoms with E-state index in [0.717, 1.165) is 29.3 Å². The summed E-state index contributed by atoms with van der Waals surface area (Å²) in [5.74, 6) is 0.857. The standard InChI is InChI=1S/C18H21Cl2NS/c1-21(2)11-3-4-14-5-9-17(10-6-14)22-13-15-7-8-16(19)12-18(15)20/h5-10,12H,3-4,11,13H2,1-2H3. The van der Waals surface area contributed by atoms with Gasteiger partial charge in [-0.3, -0.25) is 0 Å². The monoisotopic (exact) mass is 353 g/mol. The SMILES string of the molecule is CN(C)CCCc1ccc(SCc2ccc(Cl)cc2Cl)cc1. The predicted octanol–water partition coefficient (Wildman–Crippen LogP) is 5.78. The van der Waals surface area contributed by atoms with Crippen molar-refractivity contribution in [2.45, 2.75) is 23.5 Å². The van der Waals surface area contributed by atoms with Gasteiger partial charge in [0.15, 0.2) is 0 Å². The Kier molecular flexibility index (Phi) is 7.10. The fraction of sp³-hybridized carbons (Fsp3) is 0.333. The molecule has 0 spiro atoms. The second-order valence-corrected chi connectivity index (χ2v) is 7.47. The summed E-state index contributed by atoms with van der Waals surface area (Å²) < 4.78 is 0. The van der Waals surface area contributed by atoms with Crippen LogP contribution in [-0.2, 0) is 12.2 Å². The van der Waals surface area contributed by atoms with Gasteiger partial charge < -0.3 is 4.90 Å². The van der Waals surface area contributed by atoms with Crippen LogP contribution in [0.5, 0.6) is 0 Å². The van der Waals surface area contributed by atoms with Crippen molar-refractivity contribution in [2.24, 2.45) is 0 Å². The lowest BCUT2D eigenvalue weighted by atomic mass is 10.1. The predicted molar refractivity (Wildman–Crippen MR) is 99.3 cm³/mol. The van der Waals surface area contributed by atoms with Crippen LogP contribution in [0.3, 0.4) is 0 Å². The molecule has 2 aromatic carbocycles. The van der Waals surface area contributed by atoms with Gasteiger partial charge in [-0.15, -0.1) is 11.8 Å². The van der Waals surface area contributed by atoms with Crippen molar-refractivity contribution < 1.29 is 0 Å². The number of nitrogens with zero attached hydrogens (tertiary/aromatic N) is 1. The lowest BCUT2D eigenvalue weighted by molar-refractivity contribution is 0.400. The molecule has 22 heavy (non-hydrogen) atoms. The van der Waals surface area contributed by atoms with Crippen LogP contribution in [0.15, 0.2) is 47.4 Å². The number of benzene rings is 2. The van der Waals surface area contributed by atoms with Gasteiger partial charge in [0.25, 0.3) is 0 Å². The van der Waals surface area contributed by atoms with Crippen LogP contribution in [-0.4, -0.2) is 25.5 Å². The molecule has 0 saturated carbocycles. The summed E-state index contributed by atoms with van der Waals surface area (Å²) in [6.07, 6.45) is 2.33. The van der Waals surface area contributed by atoms with Crippen molar-refractivity contribution >= 4 is 35.0 Å². The molecule has 0 aliphatic heterocycles. The molecule has 0 fully saturated rings. The topological polar surface area (TPSA) is 3.24 Å². The van der Waals surface area contributed by atoms with Gasteiger partial charge in [0.1, 0.15) is 0 Å². The molecule has 0 aliphatic carbocycles. The van der Waals surface area contributed by atoms with E-state index in [1.165, 1.54) is 16.9 Å². The Hall–Kier alpha value is -0.670. The van der Waals surface area contributed by atoms with E-state index in [9.17, 15) is 0 Å². The van der Waals surface area contributed by atoms with Crippen molar-refractivity contribution in [2.75, 3.05) is 20.6 Å². The highest BCUT2D eigenvalue weighted by Gasteiger charge is 2.03. The Labute approximate surface area is 147 Å². The normalized spacial score (nSPS) is 11.1. The zero-order valence-electron chi connectivity index (χ0n) is 13.0. The van der Waals surface area contributed by atoms with Crippen LogP contribution in [0.25, 0.3) is 0 Å². The maximum absolute atomic E-state index is 6.20. The smallest absolute Gasteiger partial charge is 0.0461 e. The van der Waals surface area contributed by atoms with E-state index in [-0.39, 0.29) is 0 Å². The van der Waals surface area contributed by atoms with E-state index in [1.807, 2.05) is 12.1 Å². The molecule has 4 heteroatoms. The van der Waals surface area contributed by atoms with E-state index >= 15 is 0 Å². The van der Waals surface area contributed by atoms with Crippen molar-refractivity contribution in [1.29, 1.82) is 0 Å². The van der Waals surface area contributed by atoms with E-state index < -0.39 is 0 Å². The van der Waals surface area contributed by atoms with Crippen LogP contribution < -0.4 is 0 Å². The Balaban J connectivity index is 1.86. The van der Waals surface area contributed by atoms with Gasteiger partial charge in [0, 0.05) is 20.7 Å². The Morgan fingerprint density at radius 1 is 1.00 bits per heavy atom. The third-order valence-corrected chi connectivity index (χ3v) is 5.05. The highest BCUT2D eigenvalue weighted by Crippen LogP contribution is 2.28. The highest BCUT2D eigenvalue weighted by atomic mass is 35.5. The summed E-state index contributed by atoms with van der Waals surface area (Å²) in [5.41, 5.74) is 2.52. The molecule has 0 heterocycles. The quantitative estimate of drug-likeness (QED) is 0.580. The second-order valence-electron chi connectivity index (χ2n) is 5.58. The van der Waals surface area contributed by atoms with E-state index in [1.54, 1.807) is 17.8 Å². The number of halogens is 2. The highest BCUT2D eigenvalue weighted by molar-refractivity contribution is 7.98. The molecule has 0 N–H and O–H groups in total. The minimum Gasteiger partial charge on any atom is -0.309 e. The van der Waals surface area contributed by atoms with Crippen molar-refractivity contribution in [3.8, 4) is 0 Å². The third kappa shape index (κ3) is 5.85. The molecule has 118 valence electrons. The van der Waals surface area contributed by atoms with Crippen LogP contribution in [0.2, 0.25) is 10.0 Å².